The van der Waals surface area contributed by atoms with E-state index in [0.717, 1.165) is 49.8 Å². The van der Waals surface area contributed by atoms with Crippen LogP contribution in [0.4, 0.5) is 5.82 Å². The SMILES string of the molecule is c1csc(Cc2cnc(N3CCNCC3)c3nncn23)c1. The molecule has 1 aliphatic heterocycles. The van der Waals surface area contributed by atoms with Gasteiger partial charge in [-0.3, -0.25) is 4.40 Å². The first kappa shape index (κ1) is 12.7. The van der Waals surface area contributed by atoms with Gasteiger partial charge in [-0.25, -0.2) is 4.98 Å². The standard InChI is InChI=1S/C14H16N6S/c1-2-12(21-7-1)8-11-9-16-13(14-18-17-10-20(11)14)19-5-3-15-4-6-19/h1-2,7,9-10,15H,3-6,8H2. The molecule has 4 rings (SSSR count). The van der Waals surface area contributed by atoms with Crippen molar-refractivity contribution in [3.63, 3.8) is 0 Å². The van der Waals surface area contributed by atoms with E-state index in [1.807, 2.05) is 6.20 Å². The number of thiophene rings is 1. The smallest absolute Gasteiger partial charge is 0.203 e. The summed E-state index contributed by atoms with van der Waals surface area (Å²) in [5.41, 5.74) is 1.97. The molecule has 0 atom stereocenters. The molecule has 0 unspecified atom stereocenters. The van der Waals surface area contributed by atoms with Gasteiger partial charge in [-0.1, -0.05) is 6.07 Å². The van der Waals surface area contributed by atoms with Gasteiger partial charge in [-0.15, -0.1) is 21.5 Å². The van der Waals surface area contributed by atoms with E-state index >= 15 is 0 Å². The van der Waals surface area contributed by atoms with Crippen LogP contribution in [-0.2, 0) is 6.42 Å². The van der Waals surface area contributed by atoms with Crippen molar-refractivity contribution in [2.24, 2.45) is 0 Å². The van der Waals surface area contributed by atoms with Gasteiger partial charge in [0.1, 0.15) is 6.33 Å². The van der Waals surface area contributed by atoms with E-state index < -0.39 is 0 Å². The summed E-state index contributed by atoms with van der Waals surface area (Å²) in [6.45, 7) is 3.89. The van der Waals surface area contributed by atoms with E-state index in [1.165, 1.54) is 4.88 Å². The highest BCUT2D eigenvalue weighted by molar-refractivity contribution is 7.09. The van der Waals surface area contributed by atoms with Crippen LogP contribution >= 0.6 is 11.3 Å². The first-order valence-electron chi connectivity index (χ1n) is 7.07. The van der Waals surface area contributed by atoms with Gasteiger partial charge in [0.15, 0.2) is 5.82 Å². The number of nitrogens with zero attached hydrogens (tertiary/aromatic N) is 5. The zero-order valence-electron chi connectivity index (χ0n) is 11.6. The Labute approximate surface area is 126 Å². The summed E-state index contributed by atoms with van der Waals surface area (Å²) < 4.78 is 2.06. The maximum atomic E-state index is 4.66. The minimum absolute atomic E-state index is 0.853. The fourth-order valence-corrected chi connectivity index (χ4v) is 3.40. The molecular formula is C14H16N6S. The Kier molecular flexibility index (Phi) is 3.28. The lowest BCUT2D eigenvalue weighted by atomic mass is 10.2. The van der Waals surface area contributed by atoms with Gasteiger partial charge in [0.2, 0.25) is 5.65 Å². The minimum Gasteiger partial charge on any atom is -0.351 e. The van der Waals surface area contributed by atoms with E-state index in [4.69, 9.17) is 0 Å². The van der Waals surface area contributed by atoms with Gasteiger partial charge in [-0.05, 0) is 11.4 Å². The number of fused-ring (bicyclic) bond motifs is 1. The average Bonchev–Trinajstić information content (AvgIpc) is 3.19. The molecule has 3 aromatic rings. The Morgan fingerprint density at radius 2 is 2.19 bits per heavy atom. The topological polar surface area (TPSA) is 58.4 Å². The zero-order valence-corrected chi connectivity index (χ0v) is 12.4. The zero-order chi connectivity index (χ0) is 14.1. The molecule has 0 bridgehead atoms. The second-order valence-corrected chi connectivity index (χ2v) is 6.12. The molecule has 0 aromatic carbocycles. The molecule has 1 fully saturated rings. The monoisotopic (exact) mass is 300 g/mol. The molecule has 21 heavy (non-hydrogen) atoms. The van der Waals surface area contributed by atoms with E-state index in [2.05, 4.69) is 47.3 Å². The Balaban J connectivity index is 1.73. The Hall–Kier alpha value is -1.99. The van der Waals surface area contributed by atoms with Gasteiger partial charge < -0.3 is 10.2 Å². The molecule has 6 nitrogen and oxygen atoms in total. The van der Waals surface area contributed by atoms with Crippen LogP contribution in [-0.4, -0.2) is 45.8 Å². The highest BCUT2D eigenvalue weighted by Gasteiger charge is 2.18. The first-order valence-corrected chi connectivity index (χ1v) is 7.95. The van der Waals surface area contributed by atoms with Crippen molar-refractivity contribution >= 4 is 22.8 Å². The Morgan fingerprint density at radius 1 is 1.29 bits per heavy atom. The van der Waals surface area contributed by atoms with Crippen LogP contribution < -0.4 is 10.2 Å². The molecule has 108 valence electrons. The van der Waals surface area contributed by atoms with Crippen molar-refractivity contribution in [1.29, 1.82) is 0 Å². The number of hydrogen-bond donors (Lipinski definition) is 1. The molecular weight excluding hydrogens is 284 g/mol. The lowest BCUT2D eigenvalue weighted by Gasteiger charge is -2.28. The fourth-order valence-electron chi connectivity index (χ4n) is 2.68. The van der Waals surface area contributed by atoms with E-state index in [0.29, 0.717) is 0 Å². The second kappa shape index (κ2) is 5.42. The van der Waals surface area contributed by atoms with Gasteiger partial charge in [-0.2, -0.15) is 0 Å². The van der Waals surface area contributed by atoms with Crippen molar-refractivity contribution in [3.05, 3.63) is 40.6 Å². The van der Waals surface area contributed by atoms with Crippen molar-refractivity contribution in [1.82, 2.24) is 24.9 Å². The molecule has 7 heteroatoms. The number of hydrogen-bond acceptors (Lipinski definition) is 6. The maximum absolute atomic E-state index is 4.66. The molecule has 4 heterocycles. The fraction of sp³-hybridized carbons (Fsp3) is 0.357. The highest BCUT2D eigenvalue weighted by atomic mass is 32.1. The summed E-state index contributed by atoms with van der Waals surface area (Å²) in [5.74, 6) is 0.934. The van der Waals surface area contributed by atoms with Crippen LogP contribution in [0.25, 0.3) is 5.65 Å². The van der Waals surface area contributed by atoms with Crippen LogP contribution in [0.15, 0.2) is 30.0 Å². The minimum atomic E-state index is 0.853. The molecule has 0 spiro atoms. The third kappa shape index (κ3) is 2.38. The molecule has 0 radical (unpaired) electrons. The van der Waals surface area contributed by atoms with Crippen molar-refractivity contribution in [2.45, 2.75) is 6.42 Å². The first-order chi connectivity index (χ1) is 10.4. The van der Waals surface area contributed by atoms with Crippen molar-refractivity contribution in [3.8, 4) is 0 Å². The number of anilines is 1. The molecule has 1 saturated heterocycles. The third-order valence-electron chi connectivity index (χ3n) is 3.75. The van der Waals surface area contributed by atoms with Gasteiger partial charge >= 0.3 is 0 Å². The highest BCUT2D eigenvalue weighted by Crippen LogP contribution is 2.21. The molecule has 0 amide bonds. The van der Waals surface area contributed by atoms with Crippen LogP contribution in [0.1, 0.15) is 10.6 Å². The van der Waals surface area contributed by atoms with Gasteiger partial charge in [0.25, 0.3) is 0 Å². The predicted molar refractivity (Wildman–Crippen MR) is 83.0 cm³/mol. The number of nitrogens with one attached hydrogen (secondary N) is 1. The summed E-state index contributed by atoms with van der Waals surface area (Å²) in [5, 5.41) is 13.8. The summed E-state index contributed by atoms with van der Waals surface area (Å²) in [4.78, 5) is 8.26. The summed E-state index contributed by atoms with van der Waals surface area (Å²) in [7, 11) is 0. The largest absolute Gasteiger partial charge is 0.351 e. The predicted octanol–water partition coefficient (Wildman–Crippen LogP) is 1.19. The summed E-state index contributed by atoms with van der Waals surface area (Å²) in [6.07, 6.45) is 4.60. The summed E-state index contributed by atoms with van der Waals surface area (Å²) in [6, 6.07) is 4.22. The summed E-state index contributed by atoms with van der Waals surface area (Å²) >= 11 is 1.76. The van der Waals surface area contributed by atoms with Gasteiger partial charge in [0.05, 0.1) is 0 Å². The Bertz CT molecular complexity index is 729. The Morgan fingerprint density at radius 3 is 3.00 bits per heavy atom. The normalized spacial score (nSPS) is 15.7. The van der Waals surface area contributed by atoms with Crippen LogP contribution in [0.5, 0.6) is 0 Å². The van der Waals surface area contributed by atoms with E-state index in [1.54, 1.807) is 17.7 Å². The molecule has 0 saturated carbocycles. The molecule has 1 aliphatic rings. The van der Waals surface area contributed by atoms with E-state index in [9.17, 15) is 0 Å². The van der Waals surface area contributed by atoms with Crippen molar-refractivity contribution < 1.29 is 0 Å². The van der Waals surface area contributed by atoms with Crippen molar-refractivity contribution in [2.75, 3.05) is 31.1 Å². The third-order valence-corrected chi connectivity index (χ3v) is 4.62. The average molecular weight is 300 g/mol. The number of rotatable bonds is 3. The van der Waals surface area contributed by atoms with Gasteiger partial charge in [0, 0.05) is 49.4 Å². The van der Waals surface area contributed by atoms with E-state index in [-0.39, 0.29) is 0 Å². The molecule has 1 N–H and O–H groups in total. The molecule has 3 aromatic heterocycles. The lowest BCUT2D eigenvalue weighted by molar-refractivity contribution is 0.585. The van der Waals surface area contributed by atoms with Crippen LogP contribution in [0.3, 0.4) is 0 Å². The van der Waals surface area contributed by atoms with Crippen LogP contribution in [0, 0.1) is 0 Å². The lowest BCUT2D eigenvalue weighted by Crippen LogP contribution is -2.44. The number of aromatic nitrogens is 4. The quantitative estimate of drug-likeness (QED) is 0.787. The molecule has 0 aliphatic carbocycles. The second-order valence-electron chi connectivity index (χ2n) is 5.09. The number of piperazine rings is 1. The maximum Gasteiger partial charge on any atom is 0.203 e. The van der Waals surface area contributed by atoms with Crippen LogP contribution in [0.2, 0.25) is 0 Å².